The Balaban J connectivity index is 2.03. The highest BCUT2D eigenvalue weighted by Gasteiger charge is 2.46. The normalized spacial score (nSPS) is 22.4. The summed E-state index contributed by atoms with van der Waals surface area (Å²) in [5.74, 6) is -0.515. The number of benzene rings is 1. The van der Waals surface area contributed by atoms with Gasteiger partial charge in [0.2, 0.25) is 5.91 Å². The lowest BCUT2D eigenvalue weighted by Gasteiger charge is -2.33. The summed E-state index contributed by atoms with van der Waals surface area (Å²) in [5, 5.41) is 0.414. The van der Waals surface area contributed by atoms with E-state index in [1.165, 1.54) is 11.8 Å². The van der Waals surface area contributed by atoms with Gasteiger partial charge in [0.15, 0.2) is 5.17 Å². The van der Waals surface area contributed by atoms with Crippen LogP contribution in [-0.2, 0) is 19.1 Å². The number of aliphatic imine (C=N–C) groups is 1. The van der Waals surface area contributed by atoms with Crippen molar-refractivity contribution in [2.24, 2.45) is 4.99 Å². The highest BCUT2D eigenvalue weighted by molar-refractivity contribution is 8.15. The van der Waals surface area contributed by atoms with E-state index in [1.54, 1.807) is 18.9 Å². The zero-order chi connectivity index (χ0) is 18.8. The molecule has 0 saturated carbocycles. The summed E-state index contributed by atoms with van der Waals surface area (Å²) in [4.78, 5) is 31.6. The zero-order valence-electron chi connectivity index (χ0n) is 15.3. The molecule has 0 unspecified atom stereocenters. The number of thioether (sulfide) groups is 1. The van der Waals surface area contributed by atoms with Crippen molar-refractivity contribution in [3.63, 3.8) is 0 Å². The van der Waals surface area contributed by atoms with Gasteiger partial charge in [0.05, 0.1) is 29.2 Å². The van der Waals surface area contributed by atoms with E-state index >= 15 is 0 Å². The molecule has 2 aliphatic rings. The minimum Gasteiger partial charge on any atom is -0.460 e. The third-order valence-corrected chi connectivity index (χ3v) is 5.45. The summed E-state index contributed by atoms with van der Waals surface area (Å²) in [6.45, 7) is 6.11. The third-order valence-electron chi connectivity index (χ3n) is 4.39. The van der Waals surface area contributed by atoms with Gasteiger partial charge in [-0.1, -0.05) is 41.6 Å². The Hall–Kier alpha value is -2.12. The summed E-state index contributed by atoms with van der Waals surface area (Å²) >= 11 is 1.42. The second-order valence-electron chi connectivity index (χ2n) is 6.30. The number of carbonyl (C=O) groups excluding carboxylic acids is 2. The van der Waals surface area contributed by atoms with Crippen LogP contribution in [0.25, 0.3) is 0 Å². The molecule has 1 aromatic carbocycles. The molecule has 26 heavy (non-hydrogen) atoms. The Labute approximate surface area is 157 Å². The number of ether oxygens (including phenoxy) is 2. The summed E-state index contributed by atoms with van der Waals surface area (Å²) < 4.78 is 10.3. The Kier molecular flexibility index (Phi) is 5.48. The molecule has 2 heterocycles. The first-order valence-corrected chi connectivity index (χ1v) is 9.33. The SMILES string of the molecule is COCCOC(=O)C1=C(C)N=C2S[C@@H](C)C(=O)N2[C@@H]1c1ccc(C)cc1. The van der Waals surface area contributed by atoms with Gasteiger partial charge in [0.1, 0.15) is 6.61 Å². The van der Waals surface area contributed by atoms with Crippen LogP contribution in [0.2, 0.25) is 0 Å². The van der Waals surface area contributed by atoms with E-state index in [-0.39, 0.29) is 17.8 Å². The number of amidine groups is 1. The number of rotatable bonds is 5. The average molecular weight is 374 g/mol. The van der Waals surface area contributed by atoms with Crippen molar-refractivity contribution in [2.45, 2.75) is 32.1 Å². The largest absolute Gasteiger partial charge is 0.460 e. The molecule has 1 fully saturated rings. The second kappa shape index (κ2) is 7.63. The number of methoxy groups -OCH3 is 1. The van der Waals surface area contributed by atoms with Crippen molar-refractivity contribution < 1.29 is 19.1 Å². The molecule has 7 heteroatoms. The Morgan fingerprint density at radius 3 is 2.58 bits per heavy atom. The molecule has 138 valence electrons. The second-order valence-corrected chi connectivity index (χ2v) is 7.61. The van der Waals surface area contributed by atoms with E-state index in [9.17, 15) is 9.59 Å². The van der Waals surface area contributed by atoms with Crippen molar-refractivity contribution in [2.75, 3.05) is 20.3 Å². The quantitative estimate of drug-likeness (QED) is 0.586. The Morgan fingerprint density at radius 2 is 1.92 bits per heavy atom. The molecule has 0 aliphatic carbocycles. The number of hydrogen-bond acceptors (Lipinski definition) is 6. The van der Waals surface area contributed by atoms with Gasteiger partial charge in [-0.3, -0.25) is 9.69 Å². The molecule has 0 aromatic heterocycles. The first-order valence-electron chi connectivity index (χ1n) is 8.46. The van der Waals surface area contributed by atoms with Gasteiger partial charge in [-0.05, 0) is 26.3 Å². The first-order chi connectivity index (χ1) is 12.4. The Bertz CT molecular complexity index is 785. The van der Waals surface area contributed by atoms with Crippen LogP contribution in [0.1, 0.15) is 31.0 Å². The minimum absolute atomic E-state index is 0.0472. The number of esters is 1. The molecule has 0 spiro atoms. The molecule has 1 aromatic rings. The maximum absolute atomic E-state index is 12.8. The fourth-order valence-corrected chi connectivity index (χ4v) is 4.05. The van der Waals surface area contributed by atoms with Gasteiger partial charge < -0.3 is 9.47 Å². The molecule has 6 nitrogen and oxygen atoms in total. The van der Waals surface area contributed by atoms with Crippen LogP contribution in [0.15, 0.2) is 40.5 Å². The van der Waals surface area contributed by atoms with Gasteiger partial charge in [-0.15, -0.1) is 0 Å². The molecule has 2 atom stereocenters. The molecule has 3 rings (SSSR count). The average Bonchev–Trinajstić information content (AvgIpc) is 2.88. The standard InChI is InChI=1S/C19H22N2O4S/c1-11-5-7-14(8-6-11)16-15(18(23)25-10-9-24-4)12(2)20-19-21(16)17(22)13(3)26-19/h5-8,13,16H,9-10H2,1-4H3/t13-,16+/m0/s1. The van der Waals surface area contributed by atoms with Gasteiger partial charge >= 0.3 is 5.97 Å². The molecule has 1 amide bonds. The summed E-state index contributed by atoms with van der Waals surface area (Å²) in [6.07, 6.45) is 0. The summed E-state index contributed by atoms with van der Waals surface area (Å²) in [6, 6.07) is 7.31. The minimum atomic E-state index is -0.525. The van der Waals surface area contributed by atoms with Crippen LogP contribution in [0.5, 0.6) is 0 Å². The number of aryl methyl sites for hydroxylation is 1. The first kappa shape index (κ1) is 18.7. The lowest BCUT2D eigenvalue weighted by molar-refractivity contribution is -0.141. The van der Waals surface area contributed by atoms with Gasteiger partial charge in [-0.25, -0.2) is 9.79 Å². The Morgan fingerprint density at radius 1 is 1.23 bits per heavy atom. The molecule has 0 N–H and O–H groups in total. The van der Waals surface area contributed by atoms with Crippen LogP contribution in [-0.4, -0.2) is 47.5 Å². The smallest absolute Gasteiger partial charge is 0.338 e. The number of amides is 1. The van der Waals surface area contributed by atoms with Gasteiger partial charge in [0.25, 0.3) is 0 Å². The van der Waals surface area contributed by atoms with E-state index in [4.69, 9.17) is 9.47 Å². The zero-order valence-corrected chi connectivity index (χ0v) is 16.1. The van der Waals surface area contributed by atoms with E-state index in [2.05, 4.69) is 4.99 Å². The topological polar surface area (TPSA) is 68.2 Å². The van der Waals surface area contributed by atoms with Crippen molar-refractivity contribution in [1.29, 1.82) is 0 Å². The number of allylic oxidation sites excluding steroid dienone is 1. The number of fused-ring (bicyclic) bond motifs is 1. The molecular weight excluding hydrogens is 352 g/mol. The highest BCUT2D eigenvalue weighted by Crippen LogP contribution is 2.43. The number of hydrogen-bond donors (Lipinski definition) is 0. The maximum atomic E-state index is 12.8. The lowest BCUT2D eigenvalue weighted by atomic mass is 9.93. The third kappa shape index (κ3) is 3.41. The van der Waals surface area contributed by atoms with E-state index in [0.29, 0.717) is 23.0 Å². The monoisotopic (exact) mass is 374 g/mol. The molecule has 2 aliphatic heterocycles. The van der Waals surface area contributed by atoms with Crippen LogP contribution >= 0.6 is 11.8 Å². The molecular formula is C19H22N2O4S. The van der Waals surface area contributed by atoms with E-state index in [1.807, 2.05) is 38.1 Å². The fraction of sp³-hybridized carbons (Fsp3) is 0.421. The number of carbonyl (C=O) groups is 2. The van der Waals surface area contributed by atoms with E-state index in [0.717, 1.165) is 11.1 Å². The predicted octanol–water partition coefficient (Wildman–Crippen LogP) is 2.83. The van der Waals surface area contributed by atoms with Gasteiger partial charge in [-0.2, -0.15) is 0 Å². The molecule has 1 saturated heterocycles. The lowest BCUT2D eigenvalue weighted by Crippen LogP contribution is -2.40. The van der Waals surface area contributed by atoms with Crippen molar-refractivity contribution in [3.05, 3.63) is 46.7 Å². The number of nitrogens with zero attached hydrogens (tertiary/aromatic N) is 2. The van der Waals surface area contributed by atoms with Crippen LogP contribution in [0.4, 0.5) is 0 Å². The fourth-order valence-electron chi connectivity index (χ4n) is 3.02. The van der Waals surface area contributed by atoms with Crippen LogP contribution < -0.4 is 0 Å². The van der Waals surface area contributed by atoms with Crippen LogP contribution in [0, 0.1) is 6.92 Å². The molecule has 0 bridgehead atoms. The van der Waals surface area contributed by atoms with Crippen LogP contribution in [0.3, 0.4) is 0 Å². The van der Waals surface area contributed by atoms with E-state index < -0.39 is 12.0 Å². The summed E-state index contributed by atoms with van der Waals surface area (Å²) in [7, 11) is 1.55. The summed E-state index contributed by atoms with van der Waals surface area (Å²) in [5.41, 5.74) is 2.96. The highest BCUT2D eigenvalue weighted by atomic mass is 32.2. The van der Waals surface area contributed by atoms with Crippen molar-refractivity contribution in [3.8, 4) is 0 Å². The maximum Gasteiger partial charge on any atom is 0.338 e. The van der Waals surface area contributed by atoms with Crippen molar-refractivity contribution >= 4 is 28.8 Å². The van der Waals surface area contributed by atoms with Crippen molar-refractivity contribution in [1.82, 2.24) is 4.90 Å². The predicted molar refractivity (Wildman–Crippen MR) is 101 cm³/mol. The van der Waals surface area contributed by atoms with Gasteiger partial charge in [0, 0.05) is 7.11 Å². The molecule has 0 radical (unpaired) electrons.